The highest BCUT2D eigenvalue weighted by Gasteiger charge is 2.43. The number of urea groups is 1. The second-order valence-electron chi connectivity index (χ2n) is 7.93. The van der Waals surface area contributed by atoms with Crippen LogP contribution in [0.1, 0.15) is 57.7 Å². The Morgan fingerprint density at radius 1 is 1.31 bits per heavy atom. The molecule has 1 aromatic carbocycles. The van der Waals surface area contributed by atoms with E-state index in [1.165, 1.54) is 17.5 Å². The summed E-state index contributed by atoms with van der Waals surface area (Å²) in [7, 11) is -4.26. The largest absolute Gasteiger partial charge is 0.352 e. The average Bonchev–Trinajstić information content (AvgIpc) is 3.00. The quantitative estimate of drug-likeness (QED) is 0.299. The second kappa shape index (κ2) is 10.2. The Morgan fingerprint density at radius 2 is 2.00 bits per heavy atom. The van der Waals surface area contributed by atoms with Crippen molar-refractivity contribution < 1.29 is 22.8 Å². The van der Waals surface area contributed by atoms with Gasteiger partial charge in [0.25, 0.3) is 10.0 Å². The maximum absolute atomic E-state index is 12.9. The van der Waals surface area contributed by atoms with Gasteiger partial charge in [0.15, 0.2) is 0 Å². The van der Waals surface area contributed by atoms with Crippen LogP contribution in [0.5, 0.6) is 0 Å². The SMILES string of the molecule is CCC1(CC(NC=O)c2ccc(C=S)c(S(=O)(=O)NC(=O)NC(C)C)c2)C(=O)NC=C1C. The van der Waals surface area contributed by atoms with Gasteiger partial charge in [-0.3, -0.25) is 9.59 Å². The lowest BCUT2D eigenvalue weighted by molar-refractivity contribution is -0.128. The fourth-order valence-electron chi connectivity index (χ4n) is 3.74. The molecule has 4 N–H and O–H groups in total. The van der Waals surface area contributed by atoms with Crippen LogP contribution in [-0.2, 0) is 19.6 Å². The lowest BCUT2D eigenvalue weighted by Crippen LogP contribution is -2.42. The van der Waals surface area contributed by atoms with Crippen LogP contribution in [0.15, 0.2) is 34.9 Å². The van der Waals surface area contributed by atoms with Crippen LogP contribution in [0.4, 0.5) is 4.79 Å². The summed E-state index contributed by atoms with van der Waals surface area (Å²) in [6, 6.07) is 2.73. The first kappa shape index (κ1) is 25.5. The van der Waals surface area contributed by atoms with Gasteiger partial charge in [0.1, 0.15) is 0 Å². The Kier molecular flexibility index (Phi) is 8.13. The zero-order valence-electron chi connectivity index (χ0n) is 18.4. The van der Waals surface area contributed by atoms with E-state index in [2.05, 4.69) is 16.0 Å². The number of amides is 4. The summed E-state index contributed by atoms with van der Waals surface area (Å²) >= 11 is 4.95. The van der Waals surface area contributed by atoms with Crippen LogP contribution >= 0.6 is 12.2 Å². The number of sulfonamides is 1. The third kappa shape index (κ3) is 5.33. The lowest BCUT2D eigenvalue weighted by Gasteiger charge is -2.31. The molecule has 174 valence electrons. The maximum atomic E-state index is 12.9. The number of nitrogens with one attached hydrogen (secondary N) is 4. The Hall–Kier alpha value is -2.79. The predicted octanol–water partition coefficient (Wildman–Crippen LogP) is 2.04. The highest BCUT2D eigenvalue weighted by Crippen LogP contribution is 2.42. The number of rotatable bonds is 10. The van der Waals surface area contributed by atoms with Crippen molar-refractivity contribution in [3.63, 3.8) is 0 Å². The summed E-state index contributed by atoms with van der Waals surface area (Å²) in [6.45, 7) is 7.11. The third-order valence-electron chi connectivity index (χ3n) is 5.54. The fraction of sp³-hybridized carbons (Fsp3) is 0.429. The number of hydrogen-bond donors (Lipinski definition) is 4. The lowest BCUT2D eigenvalue weighted by atomic mass is 9.73. The number of hydrogen-bond acceptors (Lipinski definition) is 6. The van der Waals surface area contributed by atoms with E-state index in [9.17, 15) is 22.8 Å². The smallest absolute Gasteiger partial charge is 0.328 e. The van der Waals surface area contributed by atoms with Gasteiger partial charge >= 0.3 is 6.03 Å². The summed E-state index contributed by atoms with van der Waals surface area (Å²) < 4.78 is 27.8. The maximum Gasteiger partial charge on any atom is 0.328 e. The van der Waals surface area contributed by atoms with E-state index >= 15 is 0 Å². The predicted molar refractivity (Wildman–Crippen MR) is 124 cm³/mol. The number of thiocarbonyl (C=S) groups is 1. The highest BCUT2D eigenvalue weighted by atomic mass is 32.2. The summed E-state index contributed by atoms with van der Waals surface area (Å²) in [5.41, 5.74) is 0.678. The van der Waals surface area contributed by atoms with Gasteiger partial charge in [-0.05, 0) is 50.8 Å². The molecule has 0 aliphatic carbocycles. The van der Waals surface area contributed by atoms with E-state index in [1.807, 2.05) is 18.6 Å². The van der Waals surface area contributed by atoms with Crippen molar-refractivity contribution in [2.45, 2.75) is 57.5 Å². The van der Waals surface area contributed by atoms with Crippen molar-refractivity contribution in [2.75, 3.05) is 0 Å². The standard InChI is InChI=1S/C21H28N4O5S2/c1-5-21(14(4)10-22-19(21)27)9-17(23-12-26)15-6-7-16(11-31)18(8-15)32(29,30)25-20(28)24-13(2)3/h6-8,10-13,17H,5,9H2,1-4H3,(H,22,27)(H,23,26)(H2,24,25,28). The van der Waals surface area contributed by atoms with Crippen LogP contribution in [0.2, 0.25) is 0 Å². The van der Waals surface area contributed by atoms with Gasteiger partial charge in [0.05, 0.1) is 16.4 Å². The van der Waals surface area contributed by atoms with E-state index in [0.717, 1.165) is 5.57 Å². The van der Waals surface area contributed by atoms with Crippen molar-refractivity contribution in [2.24, 2.45) is 5.41 Å². The molecule has 1 aliphatic heterocycles. The Balaban J connectivity index is 2.48. The molecule has 0 aromatic heterocycles. The molecule has 11 heteroatoms. The molecule has 4 amide bonds. The summed E-state index contributed by atoms with van der Waals surface area (Å²) in [4.78, 5) is 35.7. The molecule has 32 heavy (non-hydrogen) atoms. The minimum Gasteiger partial charge on any atom is -0.352 e. The van der Waals surface area contributed by atoms with Crippen molar-refractivity contribution >= 4 is 46.0 Å². The van der Waals surface area contributed by atoms with E-state index in [4.69, 9.17) is 12.2 Å². The van der Waals surface area contributed by atoms with Gasteiger partial charge in [-0.2, -0.15) is 0 Å². The molecule has 0 spiro atoms. The topological polar surface area (TPSA) is 133 Å². The first-order chi connectivity index (χ1) is 15.0. The zero-order chi connectivity index (χ0) is 24.1. The fourth-order valence-corrected chi connectivity index (χ4v) is 5.16. The van der Waals surface area contributed by atoms with Crippen LogP contribution in [0, 0.1) is 5.41 Å². The van der Waals surface area contributed by atoms with Crippen LogP contribution < -0.4 is 20.7 Å². The molecule has 1 heterocycles. The Morgan fingerprint density at radius 3 is 2.50 bits per heavy atom. The van der Waals surface area contributed by atoms with Gasteiger partial charge in [-0.1, -0.05) is 31.3 Å². The van der Waals surface area contributed by atoms with Crippen molar-refractivity contribution in [1.82, 2.24) is 20.7 Å². The van der Waals surface area contributed by atoms with Gasteiger partial charge in [0.2, 0.25) is 12.3 Å². The highest BCUT2D eigenvalue weighted by molar-refractivity contribution is 7.90. The molecule has 0 saturated carbocycles. The first-order valence-electron chi connectivity index (χ1n) is 10.1. The molecule has 2 unspecified atom stereocenters. The van der Waals surface area contributed by atoms with Gasteiger partial charge < -0.3 is 16.0 Å². The summed E-state index contributed by atoms with van der Waals surface area (Å²) in [5.74, 6) is -0.175. The van der Waals surface area contributed by atoms with Crippen LogP contribution in [0.25, 0.3) is 0 Å². The van der Waals surface area contributed by atoms with Crippen LogP contribution in [-0.4, -0.2) is 38.2 Å². The molecule has 2 rings (SSSR count). The normalized spacial score (nSPS) is 19.0. The van der Waals surface area contributed by atoms with Crippen LogP contribution in [0.3, 0.4) is 0 Å². The average molecular weight is 481 g/mol. The van der Waals surface area contributed by atoms with Gasteiger partial charge in [0, 0.05) is 23.2 Å². The molecule has 9 nitrogen and oxygen atoms in total. The molecule has 0 radical (unpaired) electrons. The first-order valence-corrected chi connectivity index (χ1v) is 12.1. The molecule has 0 saturated heterocycles. The third-order valence-corrected chi connectivity index (χ3v) is 7.18. The van der Waals surface area contributed by atoms with E-state index in [1.54, 1.807) is 26.1 Å². The van der Waals surface area contributed by atoms with Gasteiger partial charge in [-0.15, -0.1) is 0 Å². The Bertz CT molecular complexity index is 1050. The number of carbonyl (C=O) groups excluding carboxylic acids is 3. The molecule has 0 fully saturated rings. The molecule has 0 bridgehead atoms. The van der Waals surface area contributed by atoms with Crippen molar-refractivity contribution in [3.8, 4) is 0 Å². The van der Waals surface area contributed by atoms with Crippen molar-refractivity contribution in [1.29, 1.82) is 0 Å². The zero-order valence-corrected chi connectivity index (χ0v) is 20.0. The number of carbonyl (C=O) groups is 3. The molecule has 2 atom stereocenters. The monoisotopic (exact) mass is 480 g/mol. The summed E-state index contributed by atoms with van der Waals surface area (Å²) in [5, 5.41) is 9.06. The number of benzene rings is 1. The minimum absolute atomic E-state index is 0.175. The van der Waals surface area contributed by atoms with Gasteiger partial charge in [-0.25, -0.2) is 17.9 Å². The van der Waals surface area contributed by atoms with E-state index < -0.39 is 27.5 Å². The van der Waals surface area contributed by atoms with E-state index in [0.29, 0.717) is 18.4 Å². The molecular weight excluding hydrogens is 452 g/mol. The van der Waals surface area contributed by atoms with Crippen molar-refractivity contribution in [3.05, 3.63) is 41.1 Å². The van der Waals surface area contributed by atoms with E-state index in [-0.39, 0.29) is 28.8 Å². The summed E-state index contributed by atoms with van der Waals surface area (Å²) in [6.07, 6.45) is 2.88. The molecule has 1 aromatic rings. The molecular formula is C21H28N4O5S2. The minimum atomic E-state index is -4.26. The Labute approximate surface area is 193 Å². The second-order valence-corrected chi connectivity index (χ2v) is 9.81. The molecule has 1 aliphatic rings.